The maximum Gasteiger partial charge on any atom is 0.293 e. The first-order valence-corrected chi connectivity index (χ1v) is 17.9. The van der Waals surface area contributed by atoms with Crippen molar-refractivity contribution in [2.45, 2.75) is 165 Å². The third-order valence-corrected chi connectivity index (χ3v) is 14.0. The smallest absolute Gasteiger partial charge is 0.293 e. The number of carbonyl (C=O) groups is 1. The largest absolute Gasteiger partial charge is 0.461 e. The zero-order valence-electron chi connectivity index (χ0n) is 33.2. The lowest BCUT2D eigenvalue weighted by Gasteiger charge is -2.82. The molecule has 0 aliphatic carbocycles. The van der Waals surface area contributed by atoms with Gasteiger partial charge in [-0.05, 0) is 94.7 Å². The van der Waals surface area contributed by atoms with Crippen molar-refractivity contribution in [3.8, 4) is 0 Å². The van der Waals surface area contributed by atoms with Gasteiger partial charge in [0.1, 0.15) is 5.60 Å². The Kier molecular flexibility index (Phi) is 13.7. The molecule has 1 unspecified atom stereocenters. The molecule has 0 bridgehead atoms. The van der Waals surface area contributed by atoms with E-state index in [1.54, 1.807) is 0 Å². The molecule has 0 aliphatic rings. The Balaban J connectivity index is 9.97. The quantitative estimate of drug-likeness (QED) is 0.157. The summed E-state index contributed by atoms with van der Waals surface area (Å²) in [5.74, 6) is 3.90. The maximum absolute atomic E-state index is 12.4. The third-order valence-electron chi connectivity index (χ3n) is 14.0. The van der Waals surface area contributed by atoms with Crippen LogP contribution >= 0.6 is 0 Å². The summed E-state index contributed by atoms with van der Waals surface area (Å²) in [7, 11) is 0. The number of carbonyl (C=O) groups excluding carboxylic acids is 1. The van der Waals surface area contributed by atoms with Gasteiger partial charge in [-0.25, -0.2) is 0 Å². The molecule has 0 aliphatic heterocycles. The van der Waals surface area contributed by atoms with Crippen molar-refractivity contribution in [2.75, 3.05) is 0 Å². The standard InChI is InChI=1S/C40H80O2/c1-25(2)36(23,39(32(15)16,33(17)18)35(21,22)42-24-41)40(34(19)20,37(26(3)4,27(5)6)28(7)8)38(29(9)10,30(11)12)31(13)14/h24-34H,1-23H3. The summed E-state index contributed by atoms with van der Waals surface area (Å²) in [6, 6.07) is 0. The fourth-order valence-corrected chi connectivity index (χ4v) is 15.0. The van der Waals surface area contributed by atoms with E-state index in [-0.39, 0.29) is 38.9 Å². The molecule has 2 nitrogen and oxygen atoms in total. The van der Waals surface area contributed by atoms with Gasteiger partial charge in [0.25, 0.3) is 6.47 Å². The Hall–Kier alpha value is -0.530. The van der Waals surface area contributed by atoms with Gasteiger partial charge in [0, 0.05) is 5.41 Å². The Morgan fingerprint density at radius 3 is 0.810 bits per heavy atom. The summed E-state index contributed by atoms with van der Waals surface area (Å²) in [5, 5.41) is 0. The lowest BCUT2D eigenvalue weighted by Crippen LogP contribution is -2.80. The van der Waals surface area contributed by atoms with E-state index in [2.05, 4.69) is 159 Å². The van der Waals surface area contributed by atoms with Gasteiger partial charge in [0.2, 0.25) is 0 Å². The fourth-order valence-electron chi connectivity index (χ4n) is 15.0. The molecule has 42 heavy (non-hydrogen) atoms. The summed E-state index contributed by atoms with van der Waals surface area (Å²) < 4.78 is 6.40. The number of ether oxygens (including phenoxy) is 1. The Morgan fingerprint density at radius 2 is 0.667 bits per heavy atom. The van der Waals surface area contributed by atoms with E-state index in [9.17, 15) is 4.79 Å². The van der Waals surface area contributed by atoms with Crippen molar-refractivity contribution < 1.29 is 9.53 Å². The molecule has 0 saturated heterocycles. The van der Waals surface area contributed by atoms with Crippen molar-refractivity contribution in [3.63, 3.8) is 0 Å². The van der Waals surface area contributed by atoms with Crippen LogP contribution < -0.4 is 0 Å². The van der Waals surface area contributed by atoms with Gasteiger partial charge in [0.05, 0.1) is 0 Å². The second kappa shape index (κ2) is 13.8. The van der Waals surface area contributed by atoms with Crippen molar-refractivity contribution in [3.05, 3.63) is 0 Å². The molecule has 1 atom stereocenters. The number of hydrogen-bond donors (Lipinski definition) is 0. The van der Waals surface area contributed by atoms with E-state index in [4.69, 9.17) is 4.74 Å². The Labute approximate surface area is 266 Å². The van der Waals surface area contributed by atoms with Crippen LogP contribution in [0.2, 0.25) is 0 Å². The molecule has 0 N–H and O–H groups in total. The molecule has 0 aromatic rings. The number of rotatable bonds is 17. The van der Waals surface area contributed by atoms with Gasteiger partial charge in [-0.3, -0.25) is 4.79 Å². The van der Waals surface area contributed by atoms with Crippen LogP contribution in [0.25, 0.3) is 0 Å². The van der Waals surface area contributed by atoms with Gasteiger partial charge < -0.3 is 4.74 Å². The van der Waals surface area contributed by atoms with Crippen molar-refractivity contribution in [1.82, 2.24) is 0 Å². The van der Waals surface area contributed by atoms with Crippen LogP contribution in [-0.2, 0) is 9.53 Å². The zero-order chi connectivity index (χ0) is 34.2. The van der Waals surface area contributed by atoms with E-state index in [1.807, 2.05) is 0 Å². The summed E-state index contributed by atoms with van der Waals surface area (Å²) in [4.78, 5) is 12.4. The maximum atomic E-state index is 12.4. The molecule has 0 spiro atoms. The molecule has 0 radical (unpaired) electrons. The zero-order valence-corrected chi connectivity index (χ0v) is 33.2. The van der Waals surface area contributed by atoms with Gasteiger partial charge in [0.15, 0.2) is 0 Å². The van der Waals surface area contributed by atoms with Crippen LogP contribution in [0.3, 0.4) is 0 Å². The first-order valence-electron chi connectivity index (χ1n) is 17.9. The van der Waals surface area contributed by atoms with Crippen LogP contribution in [0.15, 0.2) is 0 Å². The third kappa shape index (κ3) is 4.96. The SMILES string of the molecule is CC(C)C(C(C)C)(C(C)C)C(C(C)C)(C(C(C)C)(C(C)C)C(C)C)C(C)(C(C)C)C(C(C)C)(C(C)C)C(C)(C)OC=O. The molecular weight excluding hydrogens is 512 g/mol. The second-order valence-electron chi connectivity index (χ2n) is 18.0. The van der Waals surface area contributed by atoms with Gasteiger partial charge in [-0.2, -0.15) is 0 Å². The lowest BCUT2D eigenvalue weighted by atomic mass is 9.22. The van der Waals surface area contributed by atoms with E-state index < -0.39 is 5.60 Å². The molecule has 0 rings (SSSR count). The minimum Gasteiger partial charge on any atom is -0.461 e. The predicted octanol–water partition coefficient (Wildman–Crippen LogP) is 12.4. The average molecular weight is 593 g/mol. The Bertz CT molecular complexity index is 752. The normalized spacial score (nSPS) is 16.5. The fraction of sp³-hybridized carbons (Fsp3) is 0.975. The highest BCUT2D eigenvalue weighted by Gasteiger charge is 2.81. The van der Waals surface area contributed by atoms with E-state index >= 15 is 0 Å². The second-order valence-corrected chi connectivity index (χ2v) is 18.0. The Morgan fingerprint density at radius 1 is 0.405 bits per heavy atom. The van der Waals surface area contributed by atoms with Crippen LogP contribution in [0.5, 0.6) is 0 Å². The summed E-state index contributed by atoms with van der Waals surface area (Å²) >= 11 is 0. The summed E-state index contributed by atoms with van der Waals surface area (Å²) in [5.41, 5.74) is -1.49. The molecule has 0 fully saturated rings. The average Bonchev–Trinajstić information content (AvgIpc) is 2.75. The molecular formula is C40H80O2. The van der Waals surface area contributed by atoms with Crippen molar-refractivity contribution >= 4 is 6.47 Å². The molecule has 0 heterocycles. The minimum absolute atomic E-state index is 0.0225. The van der Waals surface area contributed by atoms with Gasteiger partial charge in [-0.15, -0.1) is 0 Å². The van der Waals surface area contributed by atoms with Crippen molar-refractivity contribution in [2.24, 2.45) is 86.3 Å². The van der Waals surface area contributed by atoms with E-state index in [1.165, 1.54) is 0 Å². The molecule has 0 aromatic heterocycles. The minimum atomic E-state index is -0.691. The van der Waals surface area contributed by atoms with E-state index in [0.717, 1.165) is 6.47 Å². The molecule has 2 heteroatoms. The number of hydrogen-bond acceptors (Lipinski definition) is 2. The predicted molar refractivity (Wildman–Crippen MR) is 187 cm³/mol. The highest BCUT2D eigenvalue weighted by atomic mass is 16.5. The first-order chi connectivity index (χ1) is 18.7. The highest BCUT2D eigenvalue weighted by Crippen LogP contribution is 2.83. The van der Waals surface area contributed by atoms with Crippen LogP contribution in [0, 0.1) is 86.3 Å². The van der Waals surface area contributed by atoms with Crippen LogP contribution in [-0.4, -0.2) is 12.1 Å². The molecule has 0 amide bonds. The first kappa shape index (κ1) is 41.5. The monoisotopic (exact) mass is 593 g/mol. The topological polar surface area (TPSA) is 26.3 Å². The van der Waals surface area contributed by atoms with Crippen molar-refractivity contribution in [1.29, 1.82) is 0 Å². The summed E-state index contributed by atoms with van der Waals surface area (Å²) in [6.45, 7) is 58.1. The summed E-state index contributed by atoms with van der Waals surface area (Å²) in [6.07, 6.45) is 0. The molecule has 0 saturated carbocycles. The lowest BCUT2D eigenvalue weighted by molar-refractivity contribution is -0.365. The highest BCUT2D eigenvalue weighted by molar-refractivity contribution is 5.39. The molecule has 0 aromatic carbocycles. The van der Waals surface area contributed by atoms with Crippen LogP contribution in [0.4, 0.5) is 0 Å². The van der Waals surface area contributed by atoms with Gasteiger partial charge in [-0.1, -0.05) is 145 Å². The van der Waals surface area contributed by atoms with Gasteiger partial charge >= 0.3 is 0 Å². The van der Waals surface area contributed by atoms with E-state index in [0.29, 0.717) is 47.3 Å². The molecule has 252 valence electrons. The van der Waals surface area contributed by atoms with Crippen LogP contribution in [0.1, 0.15) is 159 Å².